The molecule has 1 nitrogen and oxygen atoms in total. The molecule has 0 N–H and O–H groups in total. The number of ether oxygens (including phenoxy) is 1. The zero-order valence-electron chi connectivity index (χ0n) is 12.2. The van der Waals surface area contributed by atoms with Crippen LogP contribution in [0.2, 0.25) is 0 Å². The molecule has 0 aromatic heterocycles. The van der Waals surface area contributed by atoms with Crippen LogP contribution >= 0.6 is 0 Å². The van der Waals surface area contributed by atoms with Crippen LogP contribution < -0.4 is 0 Å². The lowest BCUT2D eigenvalue weighted by Crippen LogP contribution is -2.04. The quantitative estimate of drug-likeness (QED) is 0.385. The monoisotopic (exact) mass is 241 g/mol. The van der Waals surface area contributed by atoms with Gasteiger partial charge in [0.1, 0.15) is 0 Å². The lowest BCUT2D eigenvalue weighted by molar-refractivity contribution is 0.128. The second-order valence-electron chi connectivity index (χ2n) is 5.18. The zero-order chi connectivity index (χ0) is 12.8. The van der Waals surface area contributed by atoms with Crippen molar-refractivity contribution in [2.24, 2.45) is 0 Å². The van der Waals surface area contributed by atoms with Crippen LogP contribution in [0.5, 0.6) is 0 Å². The summed E-state index contributed by atoms with van der Waals surface area (Å²) in [5.74, 6) is 0. The molecule has 0 saturated heterocycles. The second kappa shape index (κ2) is 14.0. The fourth-order valence-corrected chi connectivity index (χ4v) is 2.15. The van der Waals surface area contributed by atoms with E-state index in [9.17, 15) is 0 Å². The standard InChI is InChI=1S/C16H33O/c1-4-5-6-7-8-9-10-11-12-13-14-15-16(2)17-3/h16H,2,4-15H2,1,3H3. The van der Waals surface area contributed by atoms with Gasteiger partial charge in [0.15, 0.2) is 0 Å². The van der Waals surface area contributed by atoms with Crippen molar-refractivity contribution in [1.29, 1.82) is 0 Å². The highest BCUT2D eigenvalue weighted by Gasteiger charge is 1.98. The maximum atomic E-state index is 5.13. The molecular weight excluding hydrogens is 208 g/mol. The summed E-state index contributed by atoms with van der Waals surface area (Å²) in [5.41, 5.74) is 0. The fourth-order valence-electron chi connectivity index (χ4n) is 2.15. The van der Waals surface area contributed by atoms with Gasteiger partial charge in [0.2, 0.25) is 0 Å². The summed E-state index contributed by atoms with van der Waals surface area (Å²) in [5, 5.41) is 0. The predicted molar refractivity (Wildman–Crippen MR) is 77.2 cm³/mol. The number of unbranched alkanes of at least 4 members (excludes halogenated alkanes) is 10. The minimum Gasteiger partial charge on any atom is -0.381 e. The van der Waals surface area contributed by atoms with E-state index in [2.05, 4.69) is 13.8 Å². The molecule has 0 spiro atoms. The first-order chi connectivity index (χ1) is 8.31. The fraction of sp³-hybridized carbons (Fsp3) is 0.938. The van der Waals surface area contributed by atoms with Crippen molar-refractivity contribution in [3.8, 4) is 0 Å². The molecule has 0 saturated carbocycles. The number of hydrogen-bond donors (Lipinski definition) is 0. The van der Waals surface area contributed by atoms with Crippen molar-refractivity contribution < 1.29 is 4.74 Å². The van der Waals surface area contributed by atoms with E-state index in [4.69, 9.17) is 4.74 Å². The normalized spacial score (nSPS) is 12.9. The van der Waals surface area contributed by atoms with Crippen molar-refractivity contribution in [2.45, 2.75) is 90.1 Å². The van der Waals surface area contributed by atoms with Crippen molar-refractivity contribution >= 4 is 0 Å². The predicted octanol–water partition coefficient (Wildman–Crippen LogP) is 5.54. The van der Waals surface area contributed by atoms with E-state index in [1.807, 2.05) is 0 Å². The third kappa shape index (κ3) is 13.9. The molecule has 0 aromatic rings. The van der Waals surface area contributed by atoms with Crippen LogP contribution in [0.3, 0.4) is 0 Å². The van der Waals surface area contributed by atoms with Gasteiger partial charge in [-0.1, -0.05) is 77.6 Å². The van der Waals surface area contributed by atoms with Gasteiger partial charge in [0, 0.05) is 7.11 Å². The molecule has 17 heavy (non-hydrogen) atoms. The average Bonchev–Trinajstić information content (AvgIpc) is 2.35. The molecule has 1 heteroatoms. The lowest BCUT2D eigenvalue weighted by atomic mass is 10.0. The molecule has 0 aliphatic carbocycles. The van der Waals surface area contributed by atoms with Gasteiger partial charge >= 0.3 is 0 Å². The van der Waals surface area contributed by atoms with Crippen LogP contribution in [0, 0.1) is 6.92 Å². The summed E-state index contributed by atoms with van der Waals surface area (Å²) in [7, 11) is 1.75. The number of methoxy groups -OCH3 is 1. The molecule has 0 aliphatic heterocycles. The molecule has 1 radical (unpaired) electrons. The van der Waals surface area contributed by atoms with E-state index in [1.165, 1.54) is 70.6 Å². The van der Waals surface area contributed by atoms with E-state index < -0.39 is 0 Å². The smallest absolute Gasteiger partial charge is 0.0572 e. The summed E-state index contributed by atoms with van der Waals surface area (Å²) in [4.78, 5) is 0. The third-order valence-electron chi connectivity index (χ3n) is 3.46. The third-order valence-corrected chi connectivity index (χ3v) is 3.46. The molecule has 0 aromatic carbocycles. The van der Waals surface area contributed by atoms with Crippen LogP contribution in [-0.4, -0.2) is 13.2 Å². The highest BCUT2D eigenvalue weighted by molar-refractivity contribution is 4.59. The average molecular weight is 241 g/mol. The Morgan fingerprint density at radius 3 is 1.59 bits per heavy atom. The van der Waals surface area contributed by atoms with Crippen LogP contribution in [0.25, 0.3) is 0 Å². The first kappa shape index (κ1) is 17.0. The highest BCUT2D eigenvalue weighted by Crippen LogP contribution is 2.12. The second-order valence-corrected chi connectivity index (χ2v) is 5.18. The minimum absolute atomic E-state index is 0.202. The van der Waals surface area contributed by atoms with Crippen LogP contribution in [0.15, 0.2) is 0 Å². The van der Waals surface area contributed by atoms with E-state index >= 15 is 0 Å². The Morgan fingerprint density at radius 1 is 0.765 bits per heavy atom. The van der Waals surface area contributed by atoms with Crippen molar-refractivity contribution in [1.82, 2.24) is 0 Å². The van der Waals surface area contributed by atoms with Gasteiger partial charge < -0.3 is 4.74 Å². The first-order valence-electron chi connectivity index (χ1n) is 7.67. The van der Waals surface area contributed by atoms with Crippen LogP contribution in [-0.2, 0) is 4.74 Å². The van der Waals surface area contributed by atoms with Crippen LogP contribution in [0.4, 0.5) is 0 Å². The molecule has 0 aliphatic rings. The molecule has 103 valence electrons. The molecule has 0 bridgehead atoms. The Kier molecular flexibility index (Phi) is 14.0. The van der Waals surface area contributed by atoms with Gasteiger partial charge in [0.25, 0.3) is 0 Å². The molecule has 1 unspecified atom stereocenters. The Hall–Kier alpha value is -0.0400. The molecular formula is C16H33O. The maximum Gasteiger partial charge on any atom is 0.0572 e. The van der Waals surface area contributed by atoms with Crippen molar-refractivity contribution in [3.05, 3.63) is 6.92 Å². The molecule has 0 heterocycles. The molecule has 0 amide bonds. The van der Waals surface area contributed by atoms with Gasteiger partial charge in [-0.2, -0.15) is 0 Å². The Morgan fingerprint density at radius 2 is 1.18 bits per heavy atom. The first-order valence-corrected chi connectivity index (χ1v) is 7.67. The summed E-state index contributed by atoms with van der Waals surface area (Å²) in [6, 6.07) is 0. The summed E-state index contributed by atoms with van der Waals surface area (Å²) in [6.07, 6.45) is 16.8. The molecule has 0 rings (SSSR count). The topological polar surface area (TPSA) is 9.23 Å². The van der Waals surface area contributed by atoms with Crippen LogP contribution in [0.1, 0.15) is 84.0 Å². The van der Waals surface area contributed by atoms with Gasteiger partial charge in [-0.05, 0) is 13.3 Å². The largest absolute Gasteiger partial charge is 0.381 e. The summed E-state index contributed by atoms with van der Waals surface area (Å²) < 4.78 is 5.13. The van der Waals surface area contributed by atoms with Gasteiger partial charge in [-0.15, -0.1) is 0 Å². The van der Waals surface area contributed by atoms with Gasteiger partial charge in [0.05, 0.1) is 6.10 Å². The number of rotatable bonds is 13. The van der Waals surface area contributed by atoms with Gasteiger partial charge in [-0.3, -0.25) is 0 Å². The van der Waals surface area contributed by atoms with Crippen molar-refractivity contribution in [3.63, 3.8) is 0 Å². The Bertz CT molecular complexity index is 133. The van der Waals surface area contributed by atoms with E-state index in [1.54, 1.807) is 7.11 Å². The summed E-state index contributed by atoms with van der Waals surface area (Å²) >= 11 is 0. The van der Waals surface area contributed by atoms with Crippen molar-refractivity contribution in [2.75, 3.05) is 7.11 Å². The SMILES string of the molecule is [CH2]C(CCCCCCCCCCCCC)OC. The highest BCUT2D eigenvalue weighted by atomic mass is 16.5. The number of hydrogen-bond acceptors (Lipinski definition) is 1. The van der Waals surface area contributed by atoms with Gasteiger partial charge in [-0.25, -0.2) is 0 Å². The van der Waals surface area contributed by atoms with E-state index in [-0.39, 0.29) is 6.10 Å². The Labute approximate surface area is 109 Å². The minimum atomic E-state index is 0.202. The maximum absolute atomic E-state index is 5.13. The van der Waals surface area contributed by atoms with E-state index in [0.717, 1.165) is 6.42 Å². The van der Waals surface area contributed by atoms with E-state index in [0.29, 0.717) is 0 Å². The zero-order valence-corrected chi connectivity index (χ0v) is 12.2. The molecule has 0 fully saturated rings. The summed E-state index contributed by atoms with van der Waals surface area (Å²) in [6.45, 7) is 6.19. The lowest BCUT2D eigenvalue weighted by Gasteiger charge is -2.08. The Balaban J connectivity index is 2.94. The molecule has 1 atom stereocenters.